The van der Waals surface area contributed by atoms with Crippen molar-refractivity contribution in [2.45, 2.75) is 13.0 Å². The molecular weight excluding hydrogens is 196 g/mol. The fraction of sp³-hybridized carbons (Fsp3) is 0.214. The molecule has 0 fully saturated rings. The van der Waals surface area contributed by atoms with Crippen molar-refractivity contribution in [3.63, 3.8) is 0 Å². The van der Waals surface area contributed by atoms with Gasteiger partial charge in [-0.05, 0) is 24.6 Å². The lowest BCUT2D eigenvalue weighted by Gasteiger charge is -2.26. The summed E-state index contributed by atoms with van der Waals surface area (Å²) >= 11 is 0. The Bertz CT molecular complexity index is 382. The second-order valence-electron chi connectivity index (χ2n) is 3.89. The molecule has 2 nitrogen and oxygen atoms in total. The maximum Gasteiger partial charge on any atom is 0.128 e. The number of hydrogen-bond acceptors (Lipinski definition) is 2. The van der Waals surface area contributed by atoms with E-state index in [4.69, 9.17) is 0 Å². The molecule has 1 unspecified atom stereocenters. The molecule has 0 aliphatic rings. The van der Waals surface area contributed by atoms with Crippen molar-refractivity contribution in [3.8, 4) is 0 Å². The summed E-state index contributed by atoms with van der Waals surface area (Å²) in [6.07, 6.45) is 1.82. The SMILES string of the molecule is CC(c1ccccc1)N(C)c1ccccn1. The highest BCUT2D eigenvalue weighted by Crippen LogP contribution is 2.22. The van der Waals surface area contributed by atoms with Crippen LogP contribution in [0.25, 0.3) is 0 Å². The first kappa shape index (κ1) is 10.7. The smallest absolute Gasteiger partial charge is 0.128 e. The molecule has 1 aromatic carbocycles. The quantitative estimate of drug-likeness (QED) is 0.776. The van der Waals surface area contributed by atoms with Gasteiger partial charge >= 0.3 is 0 Å². The second-order valence-corrected chi connectivity index (χ2v) is 3.89. The van der Waals surface area contributed by atoms with Gasteiger partial charge in [0.15, 0.2) is 0 Å². The van der Waals surface area contributed by atoms with Crippen LogP contribution in [-0.4, -0.2) is 12.0 Å². The van der Waals surface area contributed by atoms with Gasteiger partial charge in [0, 0.05) is 13.2 Å². The third kappa shape index (κ3) is 2.22. The lowest BCUT2D eigenvalue weighted by atomic mass is 10.1. The minimum atomic E-state index is 0.330. The van der Waals surface area contributed by atoms with Gasteiger partial charge in [0.1, 0.15) is 5.82 Å². The zero-order valence-corrected chi connectivity index (χ0v) is 9.67. The Morgan fingerprint density at radius 2 is 1.69 bits per heavy atom. The van der Waals surface area contributed by atoms with E-state index in [1.54, 1.807) is 0 Å². The van der Waals surface area contributed by atoms with Crippen LogP contribution in [-0.2, 0) is 0 Å². The first-order valence-electron chi connectivity index (χ1n) is 5.48. The zero-order valence-electron chi connectivity index (χ0n) is 9.67. The van der Waals surface area contributed by atoms with E-state index in [0.29, 0.717) is 6.04 Å². The molecule has 0 saturated heterocycles. The monoisotopic (exact) mass is 212 g/mol. The highest BCUT2D eigenvalue weighted by Gasteiger charge is 2.11. The lowest BCUT2D eigenvalue weighted by molar-refractivity contribution is 0.729. The van der Waals surface area contributed by atoms with Gasteiger partial charge in [0.05, 0.1) is 6.04 Å². The summed E-state index contributed by atoms with van der Waals surface area (Å²) in [7, 11) is 2.07. The van der Waals surface area contributed by atoms with Crippen LogP contribution >= 0.6 is 0 Å². The fourth-order valence-electron chi connectivity index (χ4n) is 1.72. The molecule has 0 radical (unpaired) electrons. The molecule has 82 valence electrons. The van der Waals surface area contributed by atoms with Gasteiger partial charge in [-0.2, -0.15) is 0 Å². The van der Waals surface area contributed by atoms with E-state index in [1.165, 1.54) is 5.56 Å². The number of rotatable bonds is 3. The minimum Gasteiger partial charge on any atom is -0.353 e. The minimum absolute atomic E-state index is 0.330. The van der Waals surface area contributed by atoms with Crippen LogP contribution in [0.3, 0.4) is 0 Å². The Morgan fingerprint density at radius 1 is 1.00 bits per heavy atom. The van der Waals surface area contributed by atoms with E-state index in [1.807, 2.05) is 30.5 Å². The standard InChI is InChI=1S/C14H16N2/c1-12(13-8-4-3-5-9-13)16(2)14-10-6-7-11-15-14/h3-12H,1-2H3. The lowest BCUT2D eigenvalue weighted by Crippen LogP contribution is -2.22. The van der Waals surface area contributed by atoms with Crippen LogP contribution in [0.1, 0.15) is 18.5 Å². The molecule has 1 atom stereocenters. The predicted octanol–water partition coefficient (Wildman–Crippen LogP) is 3.28. The molecule has 16 heavy (non-hydrogen) atoms. The van der Waals surface area contributed by atoms with Crippen molar-refractivity contribution >= 4 is 5.82 Å². The molecule has 0 N–H and O–H groups in total. The highest BCUT2D eigenvalue weighted by atomic mass is 15.2. The molecule has 2 heteroatoms. The van der Waals surface area contributed by atoms with Crippen LogP contribution in [0.5, 0.6) is 0 Å². The van der Waals surface area contributed by atoms with E-state index in [0.717, 1.165) is 5.82 Å². The van der Waals surface area contributed by atoms with Crippen LogP contribution in [0.4, 0.5) is 5.82 Å². The Hall–Kier alpha value is -1.83. The van der Waals surface area contributed by atoms with E-state index in [-0.39, 0.29) is 0 Å². The van der Waals surface area contributed by atoms with Gasteiger partial charge in [0.25, 0.3) is 0 Å². The topological polar surface area (TPSA) is 16.1 Å². The van der Waals surface area contributed by atoms with Crippen LogP contribution in [0.15, 0.2) is 54.7 Å². The maximum absolute atomic E-state index is 4.35. The van der Waals surface area contributed by atoms with Gasteiger partial charge in [-0.15, -0.1) is 0 Å². The van der Waals surface area contributed by atoms with Crippen LogP contribution < -0.4 is 4.90 Å². The van der Waals surface area contributed by atoms with Crippen molar-refractivity contribution in [1.82, 2.24) is 4.98 Å². The van der Waals surface area contributed by atoms with Crippen LogP contribution in [0, 0.1) is 0 Å². The third-order valence-electron chi connectivity index (χ3n) is 2.87. The average molecular weight is 212 g/mol. The summed E-state index contributed by atoms with van der Waals surface area (Å²) in [5.41, 5.74) is 1.30. The molecule has 0 bridgehead atoms. The number of hydrogen-bond donors (Lipinski definition) is 0. The summed E-state index contributed by atoms with van der Waals surface area (Å²) in [6, 6.07) is 16.8. The molecule has 0 spiro atoms. The number of nitrogens with zero attached hydrogens (tertiary/aromatic N) is 2. The summed E-state index contributed by atoms with van der Waals surface area (Å²) in [6.45, 7) is 2.18. The molecule has 2 aromatic rings. The molecule has 1 heterocycles. The van der Waals surface area contributed by atoms with Crippen molar-refractivity contribution in [3.05, 3.63) is 60.3 Å². The van der Waals surface area contributed by atoms with E-state index < -0.39 is 0 Å². The Balaban J connectivity index is 2.20. The number of pyridine rings is 1. The van der Waals surface area contributed by atoms with Gasteiger partial charge in [0.2, 0.25) is 0 Å². The fourth-order valence-corrected chi connectivity index (χ4v) is 1.72. The molecule has 1 aromatic heterocycles. The van der Waals surface area contributed by atoms with E-state index in [9.17, 15) is 0 Å². The molecule has 0 aliphatic carbocycles. The van der Waals surface area contributed by atoms with Crippen LogP contribution in [0.2, 0.25) is 0 Å². The summed E-state index contributed by atoms with van der Waals surface area (Å²) in [5.74, 6) is 0.999. The third-order valence-corrected chi connectivity index (χ3v) is 2.87. The zero-order chi connectivity index (χ0) is 11.4. The largest absolute Gasteiger partial charge is 0.353 e. The Morgan fingerprint density at radius 3 is 2.31 bits per heavy atom. The molecule has 0 amide bonds. The summed E-state index contributed by atoms with van der Waals surface area (Å²) in [4.78, 5) is 6.53. The molecular formula is C14H16N2. The molecule has 2 rings (SSSR count). The predicted molar refractivity (Wildman–Crippen MR) is 67.5 cm³/mol. The van der Waals surface area contributed by atoms with Crippen molar-refractivity contribution in [2.75, 3.05) is 11.9 Å². The number of aromatic nitrogens is 1. The van der Waals surface area contributed by atoms with Crippen molar-refractivity contribution < 1.29 is 0 Å². The number of benzene rings is 1. The number of anilines is 1. The summed E-state index contributed by atoms with van der Waals surface area (Å²) < 4.78 is 0. The molecule has 0 aliphatic heterocycles. The van der Waals surface area contributed by atoms with E-state index in [2.05, 4.69) is 48.1 Å². The van der Waals surface area contributed by atoms with Gasteiger partial charge < -0.3 is 4.90 Å². The second kappa shape index (κ2) is 4.79. The summed E-state index contributed by atoms with van der Waals surface area (Å²) in [5, 5.41) is 0. The Kier molecular flexibility index (Phi) is 3.20. The maximum atomic E-state index is 4.35. The molecule has 0 saturated carbocycles. The normalized spacial score (nSPS) is 12.1. The van der Waals surface area contributed by atoms with Crippen molar-refractivity contribution in [1.29, 1.82) is 0 Å². The van der Waals surface area contributed by atoms with E-state index >= 15 is 0 Å². The van der Waals surface area contributed by atoms with Gasteiger partial charge in [-0.25, -0.2) is 4.98 Å². The Labute approximate surface area is 96.6 Å². The first-order valence-corrected chi connectivity index (χ1v) is 5.48. The highest BCUT2D eigenvalue weighted by molar-refractivity contribution is 5.40. The van der Waals surface area contributed by atoms with Crippen molar-refractivity contribution in [2.24, 2.45) is 0 Å². The average Bonchev–Trinajstić information content (AvgIpc) is 2.39. The van der Waals surface area contributed by atoms with Gasteiger partial charge in [-0.3, -0.25) is 0 Å². The van der Waals surface area contributed by atoms with Gasteiger partial charge in [-0.1, -0.05) is 36.4 Å². The first-order chi connectivity index (χ1) is 7.79.